The van der Waals surface area contributed by atoms with Crippen LogP contribution >= 0.6 is 0 Å². The number of rotatable bonds is 3. The van der Waals surface area contributed by atoms with Gasteiger partial charge in [-0.25, -0.2) is 9.50 Å². The fourth-order valence-electron chi connectivity index (χ4n) is 3.42. The van der Waals surface area contributed by atoms with Crippen LogP contribution in [0.1, 0.15) is 24.6 Å². The second-order valence-corrected chi connectivity index (χ2v) is 6.52. The SMILES string of the molecule is COc1cccc(-c2ccc3nc([C@H]4CCCN(C)C4)nn3c2)c1. The molecule has 1 atom stereocenters. The second kappa shape index (κ2) is 6.24. The van der Waals surface area contributed by atoms with Crippen molar-refractivity contribution in [3.63, 3.8) is 0 Å². The quantitative estimate of drug-likeness (QED) is 0.742. The summed E-state index contributed by atoms with van der Waals surface area (Å²) in [5.74, 6) is 2.25. The first kappa shape index (κ1) is 15.1. The highest BCUT2D eigenvalue weighted by molar-refractivity contribution is 5.65. The highest BCUT2D eigenvalue weighted by Gasteiger charge is 2.22. The first-order valence-corrected chi connectivity index (χ1v) is 8.42. The summed E-state index contributed by atoms with van der Waals surface area (Å²) < 4.78 is 7.22. The van der Waals surface area contributed by atoms with Crippen LogP contribution in [-0.4, -0.2) is 46.7 Å². The standard InChI is InChI=1S/C19H22N4O/c1-22-10-4-6-16(12-22)19-20-18-9-8-15(13-23(18)21-19)14-5-3-7-17(11-14)24-2/h3,5,7-9,11,13,16H,4,6,10,12H2,1-2H3/t16-/m0/s1. The van der Waals surface area contributed by atoms with Crippen LogP contribution in [0.3, 0.4) is 0 Å². The van der Waals surface area contributed by atoms with Crippen LogP contribution in [0.4, 0.5) is 0 Å². The van der Waals surface area contributed by atoms with Gasteiger partial charge in [0.2, 0.25) is 0 Å². The Kier molecular flexibility index (Phi) is 3.94. The number of fused-ring (bicyclic) bond motifs is 1. The number of nitrogens with zero attached hydrogens (tertiary/aromatic N) is 4. The second-order valence-electron chi connectivity index (χ2n) is 6.52. The molecule has 1 saturated heterocycles. The number of benzene rings is 1. The molecule has 0 amide bonds. The van der Waals surface area contributed by atoms with E-state index in [-0.39, 0.29) is 0 Å². The first-order valence-electron chi connectivity index (χ1n) is 8.42. The monoisotopic (exact) mass is 322 g/mol. The van der Waals surface area contributed by atoms with Gasteiger partial charge in [0.15, 0.2) is 11.5 Å². The van der Waals surface area contributed by atoms with E-state index >= 15 is 0 Å². The van der Waals surface area contributed by atoms with E-state index in [0.29, 0.717) is 5.92 Å². The van der Waals surface area contributed by atoms with Crippen LogP contribution < -0.4 is 4.74 Å². The minimum atomic E-state index is 0.434. The predicted octanol–water partition coefficient (Wildman–Crippen LogP) is 3.21. The van der Waals surface area contributed by atoms with Crippen LogP contribution in [0.5, 0.6) is 5.75 Å². The fraction of sp³-hybridized carbons (Fsp3) is 0.368. The lowest BCUT2D eigenvalue weighted by atomic mass is 9.98. The van der Waals surface area contributed by atoms with Crippen molar-refractivity contribution in [2.24, 2.45) is 0 Å². The molecule has 0 N–H and O–H groups in total. The van der Waals surface area contributed by atoms with E-state index in [4.69, 9.17) is 14.8 Å². The third-order valence-corrected chi connectivity index (χ3v) is 4.74. The van der Waals surface area contributed by atoms with Crippen molar-refractivity contribution in [3.05, 3.63) is 48.4 Å². The molecule has 1 aliphatic heterocycles. The third-order valence-electron chi connectivity index (χ3n) is 4.74. The Labute approximate surface area is 141 Å². The first-order chi connectivity index (χ1) is 11.7. The molecule has 1 aliphatic rings. The zero-order valence-electron chi connectivity index (χ0n) is 14.1. The molecule has 1 aromatic carbocycles. The van der Waals surface area contributed by atoms with Gasteiger partial charge in [0.25, 0.3) is 0 Å². The number of hydrogen-bond acceptors (Lipinski definition) is 4. The van der Waals surface area contributed by atoms with Gasteiger partial charge in [0.05, 0.1) is 7.11 Å². The molecular weight excluding hydrogens is 300 g/mol. The Morgan fingerprint density at radius 3 is 2.92 bits per heavy atom. The highest BCUT2D eigenvalue weighted by atomic mass is 16.5. The van der Waals surface area contributed by atoms with Gasteiger partial charge in [-0.1, -0.05) is 12.1 Å². The number of piperidine rings is 1. The maximum atomic E-state index is 5.32. The van der Waals surface area contributed by atoms with Crippen molar-refractivity contribution in [3.8, 4) is 16.9 Å². The molecule has 0 saturated carbocycles. The van der Waals surface area contributed by atoms with E-state index in [2.05, 4.69) is 24.1 Å². The zero-order chi connectivity index (χ0) is 16.5. The largest absolute Gasteiger partial charge is 0.497 e. The third kappa shape index (κ3) is 2.87. The number of pyridine rings is 1. The predicted molar refractivity (Wildman–Crippen MR) is 94.4 cm³/mol. The lowest BCUT2D eigenvalue weighted by molar-refractivity contribution is 0.246. The highest BCUT2D eigenvalue weighted by Crippen LogP contribution is 2.26. The maximum absolute atomic E-state index is 5.32. The molecule has 0 unspecified atom stereocenters. The Hall–Kier alpha value is -2.40. The molecular formula is C19H22N4O. The van der Waals surface area contributed by atoms with Crippen molar-refractivity contribution in [1.29, 1.82) is 0 Å². The Morgan fingerprint density at radius 1 is 1.17 bits per heavy atom. The maximum Gasteiger partial charge on any atom is 0.156 e. The number of ether oxygens (including phenoxy) is 1. The van der Waals surface area contributed by atoms with E-state index in [1.54, 1.807) is 7.11 Å². The van der Waals surface area contributed by atoms with Crippen molar-refractivity contribution in [1.82, 2.24) is 19.5 Å². The minimum absolute atomic E-state index is 0.434. The van der Waals surface area contributed by atoms with Crippen molar-refractivity contribution in [2.75, 3.05) is 27.2 Å². The number of hydrogen-bond donors (Lipinski definition) is 0. The lowest BCUT2D eigenvalue weighted by Crippen LogP contribution is -2.31. The van der Waals surface area contributed by atoms with Gasteiger partial charge >= 0.3 is 0 Å². The molecule has 0 spiro atoms. The molecule has 0 radical (unpaired) electrons. The van der Waals surface area contributed by atoms with E-state index < -0.39 is 0 Å². The van der Waals surface area contributed by atoms with Gasteiger partial charge in [-0.15, -0.1) is 0 Å². The Bertz CT molecular complexity index is 857. The fourth-order valence-corrected chi connectivity index (χ4v) is 3.42. The summed E-state index contributed by atoms with van der Waals surface area (Å²) in [4.78, 5) is 7.10. The molecule has 24 heavy (non-hydrogen) atoms. The van der Waals surface area contributed by atoms with E-state index in [9.17, 15) is 0 Å². The van der Waals surface area contributed by atoms with Crippen LogP contribution in [0.25, 0.3) is 16.8 Å². The summed E-state index contributed by atoms with van der Waals surface area (Å²) in [6.07, 6.45) is 4.43. The molecule has 4 rings (SSSR count). The molecule has 1 fully saturated rings. The number of aromatic nitrogens is 3. The van der Waals surface area contributed by atoms with Crippen LogP contribution in [0.2, 0.25) is 0 Å². The summed E-state index contributed by atoms with van der Waals surface area (Å²) in [5.41, 5.74) is 3.13. The smallest absolute Gasteiger partial charge is 0.156 e. The molecule has 2 aromatic heterocycles. The molecule has 5 heteroatoms. The molecule has 0 bridgehead atoms. The van der Waals surface area contributed by atoms with Crippen molar-refractivity contribution in [2.45, 2.75) is 18.8 Å². The van der Waals surface area contributed by atoms with Gasteiger partial charge < -0.3 is 9.64 Å². The molecule has 0 aliphatic carbocycles. The van der Waals surface area contributed by atoms with Crippen LogP contribution in [-0.2, 0) is 0 Å². The number of likely N-dealkylation sites (N-methyl/N-ethyl adjacent to an activating group) is 1. The molecule has 3 heterocycles. The van der Waals surface area contributed by atoms with Gasteiger partial charge in [-0.05, 0) is 56.3 Å². The number of methoxy groups -OCH3 is 1. The lowest BCUT2D eigenvalue weighted by Gasteiger charge is -2.27. The molecule has 3 aromatic rings. The molecule has 5 nitrogen and oxygen atoms in total. The van der Waals surface area contributed by atoms with Gasteiger partial charge in [-0.2, -0.15) is 5.10 Å². The average molecular weight is 322 g/mol. The topological polar surface area (TPSA) is 42.7 Å². The summed E-state index contributed by atoms with van der Waals surface area (Å²) in [6.45, 7) is 2.21. The van der Waals surface area contributed by atoms with Gasteiger partial charge in [-0.3, -0.25) is 0 Å². The van der Waals surface area contributed by atoms with E-state index in [1.165, 1.54) is 19.4 Å². The van der Waals surface area contributed by atoms with Crippen LogP contribution in [0.15, 0.2) is 42.6 Å². The Balaban J connectivity index is 1.68. The average Bonchev–Trinajstić information content (AvgIpc) is 3.05. The summed E-state index contributed by atoms with van der Waals surface area (Å²) in [5, 5.41) is 4.75. The van der Waals surface area contributed by atoms with E-state index in [1.807, 2.05) is 35.0 Å². The minimum Gasteiger partial charge on any atom is -0.497 e. The summed E-state index contributed by atoms with van der Waals surface area (Å²) in [6, 6.07) is 12.2. The summed E-state index contributed by atoms with van der Waals surface area (Å²) in [7, 11) is 3.86. The van der Waals surface area contributed by atoms with Crippen molar-refractivity contribution < 1.29 is 4.74 Å². The van der Waals surface area contributed by atoms with Crippen molar-refractivity contribution >= 4 is 5.65 Å². The normalized spacial score (nSPS) is 18.8. The van der Waals surface area contributed by atoms with E-state index in [0.717, 1.165) is 34.9 Å². The Morgan fingerprint density at radius 2 is 2.08 bits per heavy atom. The molecule has 124 valence electrons. The van der Waals surface area contributed by atoms with Crippen LogP contribution in [0, 0.1) is 0 Å². The zero-order valence-corrected chi connectivity index (χ0v) is 14.1. The number of likely N-dealkylation sites (tertiary alicyclic amines) is 1. The van der Waals surface area contributed by atoms with Gasteiger partial charge in [0.1, 0.15) is 5.75 Å². The van der Waals surface area contributed by atoms with Gasteiger partial charge in [0, 0.05) is 24.2 Å². The summed E-state index contributed by atoms with van der Waals surface area (Å²) >= 11 is 0.